The topological polar surface area (TPSA) is 52.6 Å². The number of benzene rings is 1. The minimum Gasteiger partial charge on any atom is -0.367 e. The molecule has 28 heavy (non-hydrogen) atoms. The molecule has 2 saturated heterocycles. The smallest absolute Gasteiger partial charge is 0.227 e. The lowest BCUT2D eigenvalue weighted by Crippen LogP contribution is -2.52. The second-order valence-electron chi connectivity index (χ2n) is 7.58. The number of amides is 1. The molecule has 1 amide bonds. The van der Waals surface area contributed by atoms with Gasteiger partial charge in [0, 0.05) is 39.3 Å². The molecule has 4 rings (SSSR count). The van der Waals surface area contributed by atoms with Gasteiger partial charge in [-0.1, -0.05) is 23.7 Å². The number of anilines is 2. The summed E-state index contributed by atoms with van der Waals surface area (Å²) < 4.78 is 0. The maximum Gasteiger partial charge on any atom is 0.227 e. The highest BCUT2D eigenvalue weighted by Crippen LogP contribution is 2.27. The second-order valence-corrected chi connectivity index (χ2v) is 7.99. The van der Waals surface area contributed by atoms with Crippen LogP contribution in [0.25, 0.3) is 0 Å². The van der Waals surface area contributed by atoms with Gasteiger partial charge >= 0.3 is 0 Å². The van der Waals surface area contributed by atoms with Crippen LogP contribution < -0.4 is 9.80 Å². The summed E-state index contributed by atoms with van der Waals surface area (Å²) in [5, 5.41) is 9.21. The van der Waals surface area contributed by atoms with E-state index in [0.717, 1.165) is 74.3 Å². The zero-order valence-corrected chi connectivity index (χ0v) is 17.0. The molecule has 2 aliphatic rings. The van der Waals surface area contributed by atoms with E-state index < -0.39 is 0 Å². The number of piperazine rings is 1. The number of hydrogen-bond donors (Lipinski definition) is 0. The van der Waals surface area contributed by atoms with Gasteiger partial charge in [-0.2, -0.15) is 5.10 Å². The van der Waals surface area contributed by atoms with E-state index in [9.17, 15) is 4.79 Å². The molecule has 148 valence electrons. The number of carbonyl (C=O) groups is 1. The molecule has 7 heteroatoms. The lowest BCUT2D eigenvalue weighted by atomic mass is 9.96. The van der Waals surface area contributed by atoms with Crippen LogP contribution >= 0.6 is 11.6 Å². The van der Waals surface area contributed by atoms with Gasteiger partial charge in [0.15, 0.2) is 5.82 Å². The third kappa shape index (κ3) is 4.07. The fourth-order valence-corrected chi connectivity index (χ4v) is 4.34. The van der Waals surface area contributed by atoms with Crippen LogP contribution in [-0.4, -0.2) is 60.3 Å². The first-order valence-electron chi connectivity index (χ1n) is 9.95. The second kappa shape index (κ2) is 8.35. The SMILES string of the molecule is Cc1ccc(N2CCCC(C(=O)N3CCN(c4ccccc4Cl)CC3)C2)nn1. The van der Waals surface area contributed by atoms with Gasteiger partial charge in [-0.3, -0.25) is 4.79 Å². The number of carbonyl (C=O) groups excluding carboxylic acids is 1. The van der Waals surface area contributed by atoms with Gasteiger partial charge in [0.1, 0.15) is 0 Å². The number of rotatable bonds is 3. The summed E-state index contributed by atoms with van der Waals surface area (Å²) in [6.07, 6.45) is 1.95. The largest absolute Gasteiger partial charge is 0.367 e. The Hall–Kier alpha value is -2.34. The van der Waals surface area contributed by atoms with Gasteiger partial charge < -0.3 is 14.7 Å². The van der Waals surface area contributed by atoms with Crippen LogP contribution in [0.1, 0.15) is 18.5 Å². The van der Waals surface area contributed by atoms with E-state index in [1.165, 1.54) is 0 Å². The first-order chi connectivity index (χ1) is 13.6. The summed E-state index contributed by atoms with van der Waals surface area (Å²) in [5.74, 6) is 1.17. The Kier molecular flexibility index (Phi) is 5.67. The Labute approximate surface area is 171 Å². The molecule has 0 saturated carbocycles. The first kappa shape index (κ1) is 19.0. The van der Waals surface area contributed by atoms with Crippen LogP contribution in [0.4, 0.5) is 11.5 Å². The van der Waals surface area contributed by atoms with E-state index in [1.54, 1.807) is 0 Å². The highest BCUT2D eigenvalue weighted by molar-refractivity contribution is 6.33. The number of aryl methyl sites for hydroxylation is 1. The Morgan fingerprint density at radius 3 is 2.50 bits per heavy atom. The van der Waals surface area contributed by atoms with Crippen molar-refractivity contribution in [3.8, 4) is 0 Å². The van der Waals surface area contributed by atoms with Crippen molar-refractivity contribution < 1.29 is 4.79 Å². The average molecular weight is 400 g/mol. The Morgan fingerprint density at radius 1 is 1.00 bits per heavy atom. The molecule has 0 bridgehead atoms. The molecule has 1 atom stereocenters. The van der Waals surface area contributed by atoms with Gasteiger partial charge in [-0.15, -0.1) is 5.10 Å². The minimum absolute atomic E-state index is 0.0312. The minimum atomic E-state index is 0.0312. The summed E-state index contributed by atoms with van der Waals surface area (Å²) in [6.45, 7) is 6.70. The van der Waals surface area contributed by atoms with Gasteiger partial charge in [0.05, 0.1) is 22.3 Å². The third-order valence-electron chi connectivity index (χ3n) is 5.66. The number of piperidine rings is 1. The number of aromatic nitrogens is 2. The molecule has 2 aromatic rings. The summed E-state index contributed by atoms with van der Waals surface area (Å²) in [5.41, 5.74) is 1.96. The summed E-state index contributed by atoms with van der Waals surface area (Å²) >= 11 is 6.32. The lowest BCUT2D eigenvalue weighted by molar-refractivity contribution is -0.136. The van der Waals surface area contributed by atoms with E-state index in [1.807, 2.05) is 48.2 Å². The zero-order valence-electron chi connectivity index (χ0n) is 16.2. The van der Waals surface area contributed by atoms with Crippen LogP contribution in [0, 0.1) is 12.8 Å². The molecule has 3 heterocycles. The molecule has 0 spiro atoms. The Morgan fingerprint density at radius 2 is 1.79 bits per heavy atom. The lowest BCUT2D eigenvalue weighted by Gasteiger charge is -2.40. The van der Waals surface area contributed by atoms with Crippen molar-refractivity contribution in [2.24, 2.45) is 5.92 Å². The number of para-hydroxylation sites is 1. The molecular weight excluding hydrogens is 374 g/mol. The molecule has 0 radical (unpaired) electrons. The van der Waals surface area contributed by atoms with Gasteiger partial charge in [0.2, 0.25) is 5.91 Å². The Balaban J connectivity index is 1.36. The number of nitrogens with zero attached hydrogens (tertiary/aromatic N) is 5. The highest BCUT2D eigenvalue weighted by atomic mass is 35.5. The van der Waals surface area contributed by atoms with Gasteiger partial charge in [-0.25, -0.2) is 0 Å². The van der Waals surface area contributed by atoms with Gasteiger partial charge in [0.25, 0.3) is 0 Å². The average Bonchev–Trinajstić information content (AvgIpc) is 2.74. The molecule has 1 aromatic heterocycles. The highest BCUT2D eigenvalue weighted by Gasteiger charge is 2.31. The van der Waals surface area contributed by atoms with Crippen molar-refractivity contribution in [3.63, 3.8) is 0 Å². The summed E-state index contributed by atoms with van der Waals surface area (Å²) in [7, 11) is 0. The molecule has 0 N–H and O–H groups in total. The standard InChI is InChI=1S/C21H26ClN5O/c1-16-8-9-20(24-23-16)27-10-4-5-17(15-27)21(28)26-13-11-25(12-14-26)19-7-3-2-6-18(19)22/h2-3,6-9,17H,4-5,10-15H2,1H3. The van der Waals surface area contributed by atoms with Crippen molar-refractivity contribution in [1.82, 2.24) is 15.1 Å². The van der Waals surface area contributed by atoms with E-state index in [0.29, 0.717) is 0 Å². The van der Waals surface area contributed by atoms with E-state index >= 15 is 0 Å². The Bertz CT molecular complexity index is 820. The first-order valence-corrected chi connectivity index (χ1v) is 10.3. The monoisotopic (exact) mass is 399 g/mol. The molecule has 2 aliphatic heterocycles. The fourth-order valence-electron chi connectivity index (χ4n) is 4.08. The van der Waals surface area contributed by atoms with Gasteiger partial charge in [-0.05, 0) is 44.0 Å². The van der Waals surface area contributed by atoms with Crippen LogP contribution in [0.3, 0.4) is 0 Å². The summed E-state index contributed by atoms with van der Waals surface area (Å²) in [6, 6.07) is 11.9. The quantitative estimate of drug-likeness (QED) is 0.794. The van der Waals surface area contributed by atoms with E-state index in [-0.39, 0.29) is 11.8 Å². The molecular formula is C21H26ClN5O. The third-order valence-corrected chi connectivity index (χ3v) is 5.98. The van der Waals surface area contributed by atoms with Crippen molar-refractivity contribution >= 4 is 29.0 Å². The fraction of sp³-hybridized carbons (Fsp3) is 0.476. The molecule has 1 aromatic carbocycles. The van der Waals surface area contributed by atoms with E-state index in [2.05, 4.69) is 20.0 Å². The van der Waals surface area contributed by atoms with Crippen LogP contribution in [0.5, 0.6) is 0 Å². The molecule has 6 nitrogen and oxygen atoms in total. The molecule has 0 aliphatic carbocycles. The number of halogens is 1. The predicted octanol–water partition coefficient (Wildman–Crippen LogP) is 3.00. The van der Waals surface area contributed by atoms with Crippen LogP contribution in [0.2, 0.25) is 5.02 Å². The maximum atomic E-state index is 13.1. The van der Waals surface area contributed by atoms with E-state index in [4.69, 9.17) is 11.6 Å². The van der Waals surface area contributed by atoms with Crippen molar-refractivity contribution in [2.45, 2.75) is 19.8 Å². The molecule has 2 fully saturated rings. The van der Waals surface area contributed by atoms with Crippen molar-refractivity contribution in [1.29, 1.82) is 0 Å². The number of hydrogen-bond acceptors (Lipinski definition) is 5. The maximum absolute atomic E-state index is 13.1. The van der Waals surface area contributed by atoms with Crippen LogP contribution in [0.15, 0.2) is 36.4 Å². The van der Waals surface area contributed by atoms with Crippen molar-refractivity contribution in [2.75, 3.05) is 49.1 Å². The predicted molar refractivity (Wildman–Crippen MR) is 112 cm³/mol. The van der Waals surface area contributed by atoms with Crippen molar-refractivity contribution in [3.05, 3.63) is 47.1 Å². The zero-order chi connectivity index (χ0) is 19.5. The van der Waals surface area contributed by atoms with Crippen LogP contribution in [-0.2, 0) is 4.79 Å². The normalized spacial score (nSPS) is 20.4. The molecule has 1 unspecified atom stereocenters. The summed E-state index contributed by atoms with van der Waals surface area (Å²) in [4.78, 5) is 19.6.